The third-order valence-electron chi connectivity index (χ3n) is 1.97. The summed E-state index contributed by atoms with van der Waals surface area (Å²) in [5.74, 6) is 0.204. The smallest absolute Gasteiger partial charge is 0.140 e. The van der Waals surface area contributed by atoms with E-state index >= 15 is 0 Å². The monoisotopic (exact) mass is 203 g/mol. The maximum absolute atomic E-state index is 9.42. The highest BCUT2D eigenvalue weighted by Gasteiger charge is 2.07. The first-order valence-electron chi connectivity index (χ1n) is 4.98. The lowest BCUT2D eigenvalue weighted by atomic mass is 10.2. The third kappa shape index (κ3) is 6.68. The van der Waals surface area contributed by atoms with Crippen LogP contribution in [0.25, 0.3) is 0 Å². The summed E-state index contributed by atoms with van der Waals surface area (Å²) in [5, 5.41) is 23.7. The van der Waals surface area contributed by atoms with Crippen molar-refractivity contribution in [3.8, 4) is 0 Å². The van der Waals surface area contributed by atoms with Gasteiger partial charge in [0, 0.05) is 19.0 Å². The van der Waals surface area contributed by atoms with Crippen molar-refractivity contribution in [1.29, 1.82) is 0 Å². The van der Waals surface area contributed by atoms with Gasteiger partial charge in [-0.1, -0.05) is 18.5 Å². The van der Waals surface area contributed by atoms with Crippen molar-refractivity contribution in [1.82, 2.24) is 5.32 Å². The molecule has 0 aliphatic rings. The van der Waals surface area contributed by atoms with Crippen molar-refractivity contribution in [3.05, 3.63) is 0 Å². The Morgan fingerprint density at radius 1 is 1.57 bits per heavy atom. The summed E-state index contributed by atoms with van der Waals surface area (Å²) >= 11 is 0. The van der Waals surface area contributed by atoms with E-state index in [0.717, 1.165) is 12.8 Å². The molecule has 0 rings (SSSR count). The van der Waals surface area contributed by atoms with Crippen LogP contribution in [0.3, 0.4) is 0 Å². The number of aliphatic hydroxyl groups excluding tert-OH is 1. The fraction of sp³-hybridized carbons (Fsp3) is 0.889. The minimum absolute atomic E-state index is 0.109. The van der Waals surface area contributed by atoms with Crippen molar-refractivity contribution in [2.75, 3.05) is 6.54 Å². The highest BCUT2D eigenvalue weighted by molar-refractivity contribution is 5.80. The van der Waals surface area contributed by atoms with Crippen LogP contribution in [-0.4, -0.2) is 34.8 Å². The van der Waals surface area contributed by atoms with E-state index in [9.17, 15) is 5.11 Å². The molecule has 0 radical (unpaired) electrons. The molecule has 14 heavy (non-hydrogen) atoms. The molecular weight excluding hydrogens is 182 g/mol. The van der Waals surface area contributed by atoms with E-state index in [4.69, 9.17) is 10.9 Å². The summed E-state index contributed by atoms with van der Waals surface area (Å²) < 4.78 is 0. The zero-order valence-electron chi connectivity index (χ0n) is 8.90. The molecule has 0 saturated heterocycles. The molecule has 0 aliphatic heterocycles. The van der Waals surface area contributed by atoms with Crippen LogP contribution < -0.4 is 11.1 Å². The summed E-state index contributed by atoms with van der Waals surface area (Å²) in [4.78, 5) is 0. The Morgan fingerprint density at radius 3 is 2.71 bits per heavy atom. The topological polar surface area (TPSA) is 90.9 Å². The van der Waals surface area contributed by atoms with Crippen LogP contribution in [0.1, 0.15) is 33.1 Å². The van der Waals surface area contributed by atoms with Crippen LogP contribution in [0, 0.1) is 0 Å². The van der Waals surface area contributed by atoms with Crippen LogP contribution in [-0.2, 0) is 0 Å². The average molecular weight is 203 g/mol. The van der Waals surface area contributed by atoms with Gasteiger partial charge < -0.3 is 21.4 Å². The molecule has 0 aromatic rings. The molecular formula is C9H21N3O2. The Hall–Kier alpha value is -0.810. The number of oxime groups is 1. The van der Waals surface area contributed by atoms with Gasteiger partial charge in [-0.15, -0.1) is 0 Å². The van der Waals surface area contributed by atoms with Crippen LogP contribution in [0.2, 0.25) is 0 Å². The Labute approximate surface area is 85.0 Å². The van der Waals surface area contributed by atoms with Gasteiger partial charge in [0.25, 0.3) is 0 Å². The molecule has 0 amide bonds. The van der Waals surface area contributed by atoms with Crippen molar-refractivity contribution in [2.24, 2.45) is 10.9 Å². The van der Waals surface area contributed by atoms with Gasteiger partial charge in [0.1, 0.15) is 5.84 Å². The Bertz CT molecular complexity index is 173. The number of hydrogen-bond donors (Lipinski definition) is 4. The lowest BCUT2D eigenvalue weighted by Crippen LogP contribution is -2.36. The van der Waals surface area contributed by atoms with Gasteiger partial charge in [0.15, 0.2) is 0 Å². The predicted molar refractivity (Wildman–Crippen MR) is 56.4 cm³/mol. The standard InChI is InChI=1S/C9H21N3O2/c1-3-4-8(13)6-11-7(2)5-9(10)12-14/h7-8,11,13-14H,3-6H2,1-2H3,(H2,10,12). The first-order valence-corrected chi connectivity index (χ1v) is 4.98. The molecule has 2 atom stereocenters. The van der Waals surface area contributed by atoms with Crippen molar-refractivity contribution in [3.63, 3.8) is 0 Å². The van der Waals surface area contributed by atoms with E-state index in [1.807, 2.05) is 13.8 Å². The van der Waals surface area contributed by atoms with Crippen molar-refractivity contribution >= 4 is 5.84 Å². The van der Waals surface area contributed by atoms with Gasteiger partial charge >= 0.3 is 0 Å². The lowest BCUT2D eigenvalue weighted by molar-refractivity contribution is 0.157. The molecule has 0 saturated carbocycles. The molecule has 0 aliphatic carbocycles. The number of nitrogens with zero attached hydrogens (tertiary/aromatic N) is 1. The van der Waals surface area contributed by atoms with Crippen molar-refractivity contribution < 1.29 is 10.3 Å². The highest BCUT2D eigenvalue weighted by atomic mass is 16.4. The van der Waals surface area contributed by atoms with Gasteiger partial charge in [-0.25, -0.2) is 0 Å². The average Bonchev–Trinajstić information content (AvgIpc) is 2.15. The maximum Gasteiger partial charge on any atom is 0.140 e. The van der Waals surface area contributed by atoms with Gasteiger partial charge in [-0.3, -0.25) is 0 Å². The summed E-state index contributed by atoms with van der Waals surface area (Å²) in [6.07, 6.45) is 1.94. The second kappa shape index (κ2) is 7.58. The SMILES string of the molecule is CCCC(O)CNC(C)CC(N)=NO. The quantitative estimate of drug-likeness (QED) is 0.207. The normalized spacial score (nSPS) is 16.6. The third-order valence-corrected chi connectivity index (χ3v) is 1.97. The predicted octanol–water partition coefficient (Wildman–Crippen LogP) is 0.262. The largest absolute Gasteiger partial charge is 0.409 e. The zero-order chi connectivity index (χ0) is 11.0. The van der Waals surface area contributed by atoms with Gasteiger partial charge in [0.05, 0.1) is 6.10 Å². The second-order valence-electron chi connectivity index (χ2n) is 3.55. The molecule has 0 fully saturated rings. The van der Waals surface area contributed by atoms with Gasteiger partial charge in [-0.05, 0) is 13.3 Å². The molecule has 5 N–H and O–H groups in total. The van der Waals surface area contributed by atoms with Crippen LogP contribution in [0.5, 0.6) is 0 Å². The van der Waals surface area contributed by atoms with E-state index < -0.39 is 0 Å². The summed E-state index contributed by atoms with van der Waals surface area (Å²) in [6.45, 7) is 4.51. The summed E-state index contributed by atoms with van der Waals surface area (Å²) in [7, 11) is 0. The van der Waals surface area contributed by atoms with Crippen LogP contribution in [0.15, 0.2) is 5.16 Å². The fourth-order valence-electron chi connectivity index (χ4n) is 1.20. The number of hydrogen-bond acceptors (Lipinski definition) is 4. The van der Waals surface area contributed by atoms with Crippen molar-refractivity contribution in [2.45, 2.75) is 45.3 Å². The molecule has 0 aromatic heterocycles. The molecule has 84 valence electrons. The Kier molecular flexibility index (Phi) is 7.14. The number of nitrogens with one attached hydrogen (secondary N) is 1. The minimum Gasteiger partial charge on any atom is -0.409 e. The first kappa shape index (κ1) is 13.2. The Balaban J connectivity index is 3.57. The fourth-order valence-corrected chi connectivity index (χ4v) is 1.20. The molecule has 0 heterocycles. The molecule has 2 unspecified atom stereocenters. The first-order chi connectivity index (χ1) is 6.60. The molecule has 5 heteroatoms. The van der Waals surface area contributed by atoms with E-state index in [-0.39, 0.29) is 18.0 Å². The highest BCUT2D eigenvalue weighted by Crippen LogP contribution is 1.96. The molecule has 0 spiro atoms. The molecule has 5 nitrogen and oxygen atoms in total. The van der Waals surface area contributed by atoms with Crippen LogP contribution >= 0.6 is 0 Å². The van der Waals surface area contributed by atoms with E-state index in [2.05, 4.69) is 10.5 Å². The Morgan fingerprint density at radius 2 is 2.21 bits per heavy atom. The van der Waals surface area contributed by atoms with Gasteiger partial charge in [0.2, 0.25) is 0 Å². The number of nitrogens with two attached hydrogens (primary N) is 1. The minimum atomic E-state index is -0.310. The van der Waals surface area contributed by atoms with E-state index in [1.54, 1.807) is 0 Å². The number of amidine groups is 1. The maximum atomic E-state index is 9.42. The summed E-state index contributed by atoms with van der Waals surface area (Å²) in [6, 6.07) is 0.109. The second-order valence-corrected chi connectivity index (χ2v) is 3.55. The molecule has 0 bridgehead atoms. The summed E-state index contributed by atoms with van der Waals surface area (Å²) in [5.41, 5.74) is 5.34. The van der Waals surface area contributed by atoms with Gasteiger partial charge in [-0.2, -0.15) is 0 Å². The lowest BCUT2D eigenvalue weighted by Gasteiger charge is -2.15. The van der Waals surface area contributed by atoms with Crippen LogP contribution in [0.4, 0.5) is 0 Å². The number of aliphatic hydroxyl groups is 1. The number of rotatable bonds is 7. The van der Waals surface area contributed by atoms with E-state index in [0.29, 0.717) is 13.0 Å². The van der Waals surface area contributed by atoms with E-state index in [1.165, 1.54) is 0 Å². The zero-order valence-corrected chi connectivity index (χ0v) is 8.90. The molecule has 0 aromatic carbocycles.